The summed E-state index contributed by atoms with van der Waals surface area (Å²) in [4.78, 5) is 106. The number of halogens is 4. The van der Waals surface area contributed by atoms with Crippen LogP contribution < -0.4 is 73.7 Å². The molecule has 0 saturated carbocycles. The molecule has 20 rings (SSSR count). The maximum absolute atomic E-state index is 15.4. The Hall–Kier alpha value is -16.3. The van der Waals surface area contributed by atoms with Crippen molar-refractivity contribution in [3.63, 3.8) is 0 Å². The molecule has 38 heteroatoms. The lowest BCUT2D eigenvalue weighted by Gasteiger charge is -2.25. The van der Waals surface area contributed by atoms with Gasteiger partial charge in [0.1, 0.15) is 56.7 Å². The van der Waals surface area contributed by atoms with Crippen molar-refractivity contribution in [2.24, 2.45) is 46.6 Å². The third kappa shape index (κ3) is 19.7. The SMILES string of the molecule is COc1c(N2CC[C@@H](CN)C2)c(F)cc2c(=O)c(C(=O)O)cn(Cc3cc(-c4ccccc4)no3)c12.COc1c(N2CC[C@@H](CN)C2)c(F)cc2c(=O)c(C(=O)O)cn(Cc3ccc(-n4cccn4)cc3)c12.NC[C@@H]1CCN(c2cc3c(cc2F)c(=O)c(C(=O)O)cn3Cc2cc(-c3ccccc3)no2)C1.NC[C@@H]1CCN(c2cc3c(cc2F)c(=O)c(C(=O)O)cn3Cc2ccc(-n3cccn3)cc2)C1. The molecule has 12 N–H and O–H groups in total. The maximum Gasteiger partial charge on any atom is 0.341 e. The molecule has 0 aliphatic carbocycles. The van der Waals surface area contributed by atoms with Crippen LogP contribution in [0.25, 0.3) is 77.5 Å². The average Bonchev–Trinajstić information content (AvgIpc) is 1.11. The number of aromatic nitrogens is 10. The monoisotopic (exact) mass is 1910 g/mol. The van der Waals surface area contributed by atoms with E-state index in [1.807, 2.05) is 153 Å². The Bertz CT molecular complexity index is 7610. The Morgan fingerprint density at radius 1 is 0.393 bits per heavy atom. The van der Waals surface area contributed by atoms with Gasteiger partial charge < -0.3 is 99.7 Å². The summed E-state index contributed by atoms with van der Waals surface area (Å²) in [6, 6.07) is 49.0. The van der Waals surface area contributed by atoms with Crippen molar-refractivity contribution in [2.45, 2.75) is 51.9 Å². The fraction of sp³-hybridized carbons (Fsp3) is 0.255. The van der Waals surface area contributed by atoms with Gasteiger partial charge in [-0.3, -0.25) is 19.2 Å². The van der Waals surface area contributed by atoms with E-state index in [-0.39, 0.29) is 87.3 Å². The van der Waals surface area contributed by atoms with Crippen molar-refractivity contribution in [1.29, 1.82) is 0 Å². The van der Waals surface area contributed by atoms with Crippen LogP contribution in [0.15, 0.2) is 248 Å². The van der Waals surface area contributed by atoms with Crippen LogP contribution in [0.5, 0.6) is 11.5 Å². The minimum Gasteiger partial charge on any atom is -0.492 e. The largest absolute Gasteiger partial charge is 0.492 e. The molecule has 0 unspecified atom stereocenters. The van der Waals surface area contributed by atoms with Gasteiger partial charge in [0.2, 0.25) is 21.7 Å². The van der Waals surface area contributed by atoms with E-state index in [0.717, 1.165) is 83.6 Å². The Morgan fingerprint density at radius 2 is 0.714 bits per heavy atom. The molecule has 0 radical (unpaired) electrons. The van der Waals surface area contributed by atoms with Gasteiger partial charge in [0, 0.05) is 149 Å². The molecule has 720 valence electrons. The molecule has 4 aliphatic heterocycles. The minimum absolute atomic E-state index is 0.00137. The smallest absolute Gasteiger partial charge is 0.341 e. The number of fused-ring (bicyclic) bond motifs is 4. The normalized spacial score (nSPS) is 15.7. The van der Waals surface area contributed by atoms with Gasteiger partial charge in [0.05, 0.1) is 82.9 Å². The molecule has 4 fully saturated rings. The van der Waals surface area contributed by atoms with E-state index in [1.165, 1.54) is 43.6 Å². The number of benzene rings is 8. The first-order chi connectivity index (χ1) is 67.7. The van der Waals surface area contributed by atoms with Gasteiger partial charge in [-0.2, -0.15) is 10.2 Å². The van der Waals surface area contributed by atoms with E-state index in [4.69, 9.17) is 41.5 Å². The van der Waals surface area contributed by atoms with Crippen molar-refractivity contribution < 1.29 is 75.7 Å². The van der Waals surface area contributed by atoms with Crippen LogP contribution >= 0.6 is 0 Å². The molecule has 0 spiro atoms. The van der Waals surface area contributed by atoms with Crippen LogP contribution in [-0.4, -0.2) is 185 Å². The lowest BCUT2D eigenvalue weighted by Crippen LogP contribution is -2.25. The number of aromatic carboxylic acids is 4. The molecular formula is C102H98F4N18O16. The summed E-state index contributed by atoms with van der Waals surface area (Å²) in [6.07, 6.45) is 15.6. The summed E-state index contributed by atoms with van der Waals surface area (Å²) < 4.78 is 93.3. The number of carbonyl (C=O) groups is 4. The summed E-state index contributed by atoms with van der Waals surface area (Å²) in [7, 11) is 2.82. The Kier molecular flexibility index (Phi) is 28.2. The predicted octanol–water partition coefficient (Wildman–Crippen LogP) is 12.4. The van der Waals surface area contributed by atoms with E-state index < -0.39 is 91.1 Å². The number of methoxy groups -OCH3 is 2. The second kappa shape index (κ2) is 41.3. The van der Waals surface area contributed by atoms with Crippen molar-refractivity contribution in [1.82, 2.24) is 48.1 Å². The number of carboxylic acid groups (broad SMARTS) is 4. The molecule has 0 bridgehead atoms. The fourth-order valence-electron chi connectivity index (χ4n) is 18.6. The van der Waals surface area contributed by atoms with E-state index in [2.05, 4.69) is 20.5 Å². The predicted molar refractivity (Wildman–Crippen MR) is 519 cm³/mol. The Labute approximate surface area is 794 Å². The number of rotatable bonds is 26. The van der Waals surface area contributed by atoms with Gasteiger partial charge in [-0.15, -0.1) is 0 Å². The van der Waals surface area contributed by atoms with Crippen LogP contribution in [0.1, 0.15) is 89.8 Å². The van der Waals surface area contributed by atoms with Gasteiger partial charge in [-0.1, -0.05) is 95.2 Å². The van der Waals surface area contributed by atoms with E-state index in [0.29, 0.717) is 142 Å². The zero-order chi connectivity index (χ0) is 98.4. The van der Waals surface area contributed by atoms with Gasteiger partial charge >= 0.3 is 23.9 Å². The highest BCUT2D eigenvalue weighted by Gasteiger charge is 2.35. The van der Waals surface area contributed by atoms with Crippen molar-refractivity contribution >= 4 is 90.2 Å². The van der Waals surface area contributed by atoms with E-state index >= 15 is 17.6 Å². The average molecular weight is 1910 g/mol. The van der Waals surface area contributed by atoms with Crippen molar-refractivity contribution in [3.05, 3.63) is 328 Å². The molecule has 4 saturated heterocycles. The minimum atomic E-state index is -1.41. The first-order valence-electron chi connectivity index (χ1n) is 45.2. The molecule has 34 nitrogen and oxygen atoms in total. The van der Waals surface area contributed by atoms with Crippen LogP contribution in [0.2, 0.25) is 0 Å². The first kappa shape index (κ1) is 95.4. The summed E-state index contributed by atoms with van der Waals surface area (Å²) in [6.45, 7) is 7.66. The number of ether oxygens (including phenoxy) is 2. The van der Waals surface area contributed by atoms with Crippen LogP contribution in [0, 0.1) is 46.9 Å². The topological polar surface area (TPSA) is 460 Å². The number of anilines is 4. The van der Waals surface area contributed by atoms with Crippen LogP contribution in [-0.2, 0) is 26.2 Å². The molecule has 4 atom stereocenters. The molecule has 8 aromatic carbocycles. The number of nitrogens with zero attached hydrogens (tertiary/aromatic N) is 14. The van der Waals surface area contributed by atoms with Gasteiger partial charge in [-0.05, 0) is 159 Å². The van der Waals surface area contributed by atoms with Gasteiger partial charge in [0.25, 0.3) is 0 Å². The van der Waals surface area contributed by atoms with Crippen molar-refractivity contribution in [3.8, 4) is 45.4 Å². The highest BCUT2D eigenvalue weighted by Crippen LogP contribution is 2.44. The number of carboxylic acids is 4. The Morgan fingerprint density at radius 3 is 1.06 bits per heavy atom. The van der Waals surface area contributed by atoms with Gasteiger partial charge in [0.15, 0.2) is 34.7 Å². The second-order valence-corrected chi connectivity index (χ2v) is 34.8. The van der Waals surface area contributed by atoms with Crippen LogP contribution in [0.4, 0.5) is 40.3 Å². The zero-order valence-electron chi connectivity index (χ0n) is 76.0. The zero-order valence-corrected chi connectivity index (χ0v) is 76.0. The summed E-state index contributed by atoms with van der Waals surface area (Å²) in [5.74, 6) is -5.65. The summed E-state index contributed by atoms with van der Waals surface area (Å²) in [5.41, 5.74) is 27.7. The number of pyridine rings is 4. The summed E-state index contributed by atoms with van der Waals surface area (Å²) >= 11 is 0. The van der Waals surface area contributed by atoms with Crippen LogP contribution in [0.3, 0.4) is 0 Å². The molecule has 12 heterocycles. The van der Waals surface area contributed by atoms with E-state index in [9.17, 15) is 58.8 Å². The third-order valence-corrected chi connectivity index (χ3v) is 25.9. The lowest BCUT2D eigenvalue weighted by molar-refractivity contribution is 0.0684. The molecule has 16 aromatic rings. The second-order valence-electron chi connectivity index (χ2n) is 34.8. The number of nitrogens with two attached hydrogens (primary N) is 4. The number of hydrogen-bond donors (Lipinski definition) is 8. The third-order valence-electron chi connectivity index (χ3n) is 25.9. The van der Waals surface area contributed by atoms with Gasteiger partial charge in [-0.25, -0.2) is 46.1 Å². The first-order valence-corrected chi connectivity index (χ1v) is 45.2. The maximum atomic E-state index is 15.4. The highest BCUT2D eigenvalue weighted by molar-refractivity contribution is 6.00. The molecule has 140 heavy (non-hydrogen) atoms. The fourth-order valence-corrected chi connectivity index (χ4v) is 18.6. The van der Waals surface area contributed by atoms with E-state index in [1.54, 1.807) is 59.7 Å². The molecular weight excluding hydrogens is 1810 g/mol. The Balaban J connectivity index is 0.000000129. The molecule has 8 aromatic heterocycles. The number of hydrogen-bond acceptors (Lipinski definition) is 24. The highest BCUT2D eigenvalue weighted by atomic mass is 19.1. The standard InChI is InChI=1S/C26H26FN5O4.C26H25FN4O5.C25H24FN5O3.C25H23FN4O4/c1-36-25-22-19(11-21(27)23(25)30-10-7-17(12-28)14-30)24(33)20(26(34)35)15-31(22)13-16-3-5-18(6-4-16)32-9-2-8-29-32;1-35-25-22-18(10-20(27)23(25)30-8-7-15(11-28)12-30)24(32)19(26(33)34)14-31(22)13-17-9-21(29-36-17)16-5-3-2-4-6-16;26-21-10-19-22(11-23(21)29-9-6-17(12-27)14-29)30(15-20(24(19)32)25(33)34)13-16-2-4-18(5-3-16)31-8-1-7-28-31;26-20-9-18-22(10-23(20)29-7-6-15(11-27)12-29)30(14-19(24(18)31)25(32)33)13-17-8-21(28-34-17)16-4-2-1-3-5-16/h2-6,8-9,11,15,17H,7,10,12-14,28H2,1H3,(H,34,35);2-6,9-10,14-15H,7-8,11-13,28H2,1H3,(H,33,34);1-5,7-8,10-11,15,17H,6,9,12-14,27H2,(H,33,34);1-5,8-10,14-15H,6-7,11-13,27H2,(H,32,33)/t17-;15-;17-;15-/m0000/s1. The molecule has 4 aliphatic rings. The summed E-state index contributed by atoms with van der Waals surface area (Å²) in [5, 5.41) is 55.0. The van der Waals surface area contributed by atoms with Crippen molar-refractivity contribution in [2.75, 3.05) is 112 Å². The quantitative estimate of drug-likeness (QED) is 0.0233. The molecule has 0 amide bonds. The lowest BCUT2D eigenvalue weighted by atomic mass is 10.1.